The Labute approximate surface area is 136 Å². The highest BCUT2D eigenvalue weighted by molar-refractivity contribution is 5.76. The van der Waals surface area contributed by atoms with Gasteiger partial charge in [-0.2, -0.15) is 5.10 Å². The van der Waals surface area contributed by atoms with Crippen LogP contribution in [0, 0.1) is 6.92 Å². The number of hydrogen-bond donors (Lipinski definition) is 1. The second kappa shape index (κ2) is 7.31. The fourth-order valence-corrected chi connectivity index (χ4v) is 2.99. The summed E-state index contributed by atoms with van der Waals surface area (Å²) in [7, 11) is 0. The molecule has 2 aromatic rings. The molecule has 23 heavy (non-hydrogen) atoms. The first-order valence-corrected chi connectivity index (χ1v) is 8.21. The Morgan fingerprint density at radius 2 is 2.17 bits per heavy atom. The lowest BCUT2D eigenvalue weighted by Gasteiger charge is -2.22. The maximum atomic E-state index is 12.2. The molecule has 0 spiro atoms. The zero-order valence-corrected chi connectivity index (χ0v) is 13.4. The van der Waals surface area contributed by atoms with Crippen molar-refractivity contribution in [3.63, 3.8) is 0 Å². The maximum Gasteiger partial charge on any atom is 0.222 e. The summed E-state index contributed by atoms with van der Waals surface area (Å²) in [6, 6.07) is 9.90. The highest BCUT2D eigenvalue weighted by Gasteiger charge is 2.30. The second-order valence-corrected chi connectivity index (χ2v) is 6.11. The Morgan fingerprint density at radius 1 is 1.35 bits per heavy atom. The Kier molecular flexibility index (Phi) is 4.95. The molecule has 5 nitrogen and oxygen atoms in total. The SMILES string of the molecule is Cc1cnn(CCC(=O)N[C@@H]2CCC[C@H]2Oc2ccccc2)c1. The fraction of sp³-hybridized carbons (Fsp3) is 0.444. The molecule has 1 aliphatic rings. The molecule has 1 aromatic carbocycles. The summed E-state index contributed by atoms with van der Waals surface area (Å²) in [6.45, 7) is 2.60. The van der Waals surface area contributed by atoms with Gasteiger partial charge in [-0.3, -0.25) is 9.48 Å². The van der Waals surface area contributed by atoms with Gasteiger partial charge >= 0.3 is 0 Å². The quantitative estimate of drug-likeness (QED) is 0.892. The van der Waals surface area contributed by atoms with E-state index in [1.54, 1.807) is 6.20 Å². The monoisotopic (exact) mass is 313 g/mol. The zero-order valence-electron chi connectivity index (χ0n) is 13.4. The van der Waals surface area contributed by atoms with E-state index in [2.05, 4.69) is 10.4 Å². The van der Waals surface area contributed by atoms with Gasteiger partial charge in [-0.25, -0.2) is 0 Å². The lowest BCUT2D eigenvalue weighted by atomic mass is 10.2. The van der Waals surface area contributed by atoms with Crippen molar-refractivity contribution in [1.82, 2.24) is 15.1 Å². The van der Waals surface area contributed by atoms with Gasteiger partial charge in [0.05, 0.1) is 12.2 Å². The average molecular weight is 313 g/mol. The predicted molar refractivity (Wildman–Crippen MR) is 88.2 cm³/mol. The fourth-order valence-electron chi connectivity index (χ4n) is 2.99. The van der Waals surface area contributed by atoms with Crippen LogP contribution in [0.5, 0.6) is 5.75 Å². The van der Waals surface area contributed by atoms with Gasteiger partial charge in [0.1, 0.15) is 11.9 Å². The molecule has 1 heterocycles. The van der Waals surface area contributed by atoms with Gasteiger partial charge in [-0.15, -0.1) is 0 Å². The van der Waals surface area contributed by atoms with Crippen LogP contribution in [0.25, 0.3) is 0 Å². The third-order valence-corrected chi connectivity index (χ3v) is 4.16. The summed E-state index contributed by atoms with van der Waals surface area (Å²) in [5.41, 5.74) is 1.11. The maximum absolute atomic E-state index is 12.2. The van der Waals surface area contributed by atoms with Crippen molar-refractivity contribution in [2.75, 3.05) is 0 Å². The van der Waals surface area contributed by atoms with Crippen LogP contribution in [0.3, 0.4) is 0 Å². The topological polar surface area (TPSA) is 56.2 Å². The third kappa shape index (κ3) is 4.34. The minimum Gasteiger partial charge on any atom is -0.488 e. The van der Waals surface area contributed by atoms with Gasteiger partial charge < -0.3 is 10.1 Å². The van der Waals surface area contributed by atoms with Crippen molar-refractivity contribution in [1.29, 1.82) is 0 Å². The Hall–Kier alpha value is -2.30. The molecule has 2 atom stereocenters. The number of amides is 1. The highest BCUT2D eigenvalue weighted by Crippen LogP contribution is 2.24. The number of rotatable bonds is 6. The smallest absolute Gasteiger partial charge is 0.222 e. The lowest BCUT2D eigenvalue weighted by Crippen LogP contribution is -2.42. The number of aryl methyl sites for hydroxylation is 2. The van der Waals surface area contributed by atoms with E-state index < -0.39 is 0 Å². The number of para-hydroxylation sites is 1. The van der Waals surface area contributed by atoms with Gasteiger partial charge in [0.25, 0.3) is 0 Å². The van der Waals surface area contributed by atoms with Crippen LogP contribution < -0.4 is 10.1 Å². The normalized spacial score (nSPS) is 20.4. The predicted octanol–water partition coefficient (Wildman–Crippen LogP) is 2.70. The molecule has 1 aromatic heterocycles. The lowest BCUT2D eigenvalue weighted by molar-refractivity contribution is -0.122. The Morgan fingerprint density at radius 3 is 2.91 bits per heavy atom. The molecule has 1 amide bonds. The summed E-state index contributed by atoms with van der Waals surface area (Å²) in [4.78, 5) is 12.2. The standard InChI is InChI=1S/C18H23N3O2/c1-14-12-19-21(13-14)11-10-18(22)20-16-8-5-9-17(16)23-15-6-3-2-4-7-15/h2-4,6-7,12-13,16-17H,5,8-11H2,1H3,(H,20,22)/t16-,17-/m1/s1. The van der Waals surface area contributed by atoms with E-state index in [4.69, 9.17) is 4.74 Å². The number of carbonyl (C=O) groups excluding carboxylic acids is 1. The van der Waals surface area contributed by atoms with Gasteiger partial charge in [-0.1, -0.05) is 18.2 Å². The number of benzene rings is 1. The van der Waals surface area contributed by atoms with E-state index in [-0.39, 0.29) is 18.1 Å². The van der Waals surface area contributed by atoms with Crippen molar-refractivity contribution in [2.45, 2.75) is 51.3 Å². The Balaban J connectivity index is 1.48. The molecule has 1 fully saturated rings. The van der Waals surface area contributed by atoms with E-state index >= 15 is 0 Å². The van der Waals surface area contributed by atoms with E-state index in [1.165, 1.54) is 0 Å². The summed E-state index contributed by atoms with van der Waals surface area (Å²) in [5, 5.41) is 7.32. The molecular weight excluding hydrogens is 290 g/mol. The summed E-state index contributed by atoms with van der Waals surface area (Å²) < 4.78 is 7.83. The van der Waals surface area contributed by atoms with Crippen LogP contribution >= 0.6 is 0 Å². The summed E-state index contributed by atoms with van der Waals surface area (Å²) in [6.07, 6.45) is 7.30. The van der Waals surface area contributed by atoms with Crippen molar-refractivity contribution in [3.8, 4) is 5.75 Å². The van der Waals surface area contributed by atoms with E-state index in [0.717, 1.165) is 30.6 Å². The first-order chi connectivity index (χ1) is 11.2. The van der Waals surface area contributed by atoms with E-state index in [9.17, 15) is 4.79 Å². The molecule has 1 saturated carbocycles. The molecule has 0 saturated heterocycles. The van der Waals surface area contributed by atoms with Crippen LogP contribution in [-0.2, 0) is 11.3 Å². The minimum atomic E-state index is 0.0618. The number of nitrogens with zero attached hydrogens (tertiary/aromatic N) is 2. The van der Waals surface area contributed by atoms with E-state index in [0.29, 0.717) is 13.0 Å². The van der Waals surface area contributed by atoms with E-state index in [1.807, 2.05) is 48.1 Å². The molecule has 0 unspecified atom stereocenters. The zero-order chi connectivity index (χ0) is 16.1. The number of nitrogens with one attached hydrogen (secondary N) is 1. The molecule has 3 rings (SSSR count). The van der Waals surface area contributed by atoms with Crippen LogP contribution in [0.15, 0.2) is 42.7 Å². The van der Waals surface area contributed by atoms with Gasteiger partial charge in [0.15, 0.2) is 0 Å². The number of ether oxygens (including phenoxy) is 1. The molecule has 0 aliphatic heterocycles. The molecule has 5 heteroatoms. The second-order valence-electron chi connectivity index (χ2n) is 6.11. The van der Waals surface area contributed by atoms with Crippen molar-refractivity contribution < 1.29 is 9.53 Å². The Bertz CT molecular complexity index is 639. The largest absolute Gasteiger partial charge is 0.488 e. The molecule has 0 bridgehead atoms. The first kappa shape index (κ1) is 15.6. The van der Waals surface area contributed by atoms with Gasteiger partial charge in [0.2, 0.25) is 5.91 Å². The first-order valence-electron chi connectivity index (χ1n) is 8.21. The van der Waals surface area contributed by atoms with Crippen molar-refractivity contribution >= 4 is 5.91 Å². The van der Waals surface area contributed by atoms with Crippen LogP contribution in [0.2, 0.25) is 0 Å². The molecule has 122 valence electrons. The average Bonchev–Trinajstić information content (AvgIpc) is 3.16. The minimum absolute atomic E-state index is 0.0618. The van der Waals surface area contributed by atoms with Crippen LogP contribution in [0.1, 0.15) is 31.2 Å². The summed E-state index contributed by atoms with van der Waals surface area (Å²) >= 11 is 0. The number of carbonyl (C=O) groups is 1. The van der Waals surface area contributed by atoms with Crippen LogP contribution in [-0.4, -0.2) is 27.8 Å². The van der Waals surface area contributed by atoms with Crippen molar-refractivity contribution in [2.24, 2.45) is 0 Å². The number of hydrogen-bond acceptors (Lipinski definition) is 3. The molecular formula is C18H23N3O2. The summed E-state index contributed by atoms with van der Waals surface area (Å²) in [5.74, 6) is 0.928. The van der Waals surface area contributed by atoms with Crippen molar-refractivity contribution in [3.05, 3.63) is 48.3 Å². The third-order valence-electron chi connectivity index (χ3n) is 4.16. The number of aromatic nitrogens is 2. The molecule has 0 radical (unpaired) electrons. The highest BCUT2D eigenvalue weighted by atomic mass is 16.5. The van der Waals surface area contributed by atoms with Gasteiger partial charge in [-0.05, 0) is 43.9 Å². The molecule has 1 aliphatic carbocycles. The van der Waals surface area contributed by atoms with Crippen LogP contribution in [0.4, 0.5) is 0 Å². The van der Waals surface area contributed by atoms with Gasteiger partial charge in [0, 0.05) is 19.2 Å². The molecule has 1 N–H and O–H groups in total.